The second-order valence-corrected chi connectivity index (χ2v) is 11.2. The van der Waals surface area contributed by atoms with Gasteiger partial charge in [-0.3, -0.25) is 19.2 Å². The smallest absolute Gasteiger partial charge is 0.242 e. The molecule has 3 saturated heterocycles. The summed E-state index contributed by atoms with van der Waals surface area (Å²) in [5.74, 6) is 0.701. The molecule has 0 spiro atoms. The van der Waals surface area contributed by atoms with Crippen LogP contribution in [0.3, 0.4) is 0 Å². The van der Waals surface area contributed by atoms with Gasteiger partial charge < -0.3 is 29.1 Å². The molecule has 4 aliphatic rings. The molecule has 2 atom stereocenters. The van der Waals surface area contributed by atoms with Crippen molar-refractivity contribution in [3.8, 4) is 5.75 Å². The first-order chi connectivity index (χ1) is 19.5. The highest BCUT2D eigenvalue weighted by Crippen LogP contribution is 2.30. The summed E-state index contributed by atoms with van der Waals surface area (Å²) in [6.07, 6.45) is 7.37. The first kappa shape index (κ1) is 28.1. The van der Waals surface area contributed by atoms with Crippen LogP contribution >= 0.6 is 0 Å². The second-order valence-electron chi connectivity index (χ2n) is 11.2. The van der Waals surface area contributed by atoms with Gasteiger partial charge in [0, 0.05) is 76.9 Å². The highest BCUT2D eigenvalue weighted by atomic mass is 16.5. The van der Waals surface area contributed by atoms with Crippen molar-refractivity contribution in [2.45, 2.75) is 32.2 Å². The van der Waals surface area contributed by atoms with E-state index in [9.17, 15) is 19.2 Å². The standard InChI is InChI=1S/C30H40N4O6/c35-22-31-11-13-32(14-12-31)28(36)18-24-7-10-33-19-25(24)5-3-15-40-27-6-2-1-4-26(27)20-34(21-29(33)37)30(38)23-8-16-39-17-9-23/h1-6,22-25H,7-21H2/b5-3+/t24-,25-/m0/s1. The average molecular weight is 553 g/mol. The molecular weight excluding hydrogens is 512 g/mol. The Morgan fingerprint density at radius 3 is 2.50 bits per heavy atom. The molecule has 216 valence electrons. The zero-order valence-electron chi connectivity index (χ0n) is 23.1. The first-order valence-electron chi connectivity index (χ1n) is 14.5. The van der Waals surface area contributed by atoms with E-state index in [1.165, 1.54) is 0 Å². The van der Waals surface area contributed by atoms with Crippen molar-refractivity contribution in [2.75, 3.05) is 65.6 Å². The van der Waals surface area contributed by atoms with Gasteiger partial charge in [0.15, 0.2) is 0 Å². The largest absolute Gasteiger partial charge is 0.489 e. The molecule has 1 aromatic rings. The van der Waals surface area contributed by atoms with E-state index in [1.807, 2.05) is 40.1 Å². The first-order valence-corrected chi connectivity index (χ1v) is 14.5. The van der Waals surface area contributed by atoms with Gasteiger partial charge in [-0.2, -0.15) is 0 Å². The van der Waals surface area contributed by atoms with Crippen LogP contribution in [0.5, 0.6) is 5.75 Å². The van der Waals surface area contributed by atoms with Gasteiger partial charge >= 0.3 is 0 Å². The Morgan fingerprint density at radius 2 is 1.73 bits per heavy atom. The fourth-order valence-electron chi connectivity index (χ4n) is 6.19. The molecule has 0 unspecified atom stereocenters. The summed E-state index contributed by atoms with van der Waals surface area (Å²) in [7, 11) is 0. The molecule has 0 saturated carbocycles. The van der Waals surface area contributed by atoms with Crippen LogP contribution in [-0.4, -0.2) is 109 Å². The minimum atomic E-state index is -0.148. The Hall–Kier alpha value is -3.40. The van der Waals surface area contributed by atoms with E-state index in [0.717, 1.165) is 18.4 Å². The SMILES string of the molecule is O=CN1CCN(C(=O)C[C@@H]2CCN3C[C@@H]2/C=C/COc2ccccc2CN(C(=O)C2CCOCC2)CC3=O)CC1. The van der Waals surface area contributed by atoms with Crippen molar-refractivity contribution in [1.29, 1.82) is 0 Å². The third-order valence-corrected chi connectivity index (χ3v) is 8.67. The number of amides is 4. The molecule has 5 rings (SSSR count). The highest BCUT2D eigenvalue weighted by molar-refractivity contribution is 5.86. The Morgan fingerprint density at radius 1 is 0.950 bits per heavy atom. The Bertz CT molecular complexity index is 1100. The molecule has 0 aromatic heterocycles. The summed E-state index contributed by atoms with van der Waals surface area (Å²) in [4.78, 5) is 58.5. The molecule has 40 heavy (non-hydrogen) atoms. The lowest BCUT2D eigenvalue weighted by molar-refractivity contribution is -0.146. The van der Waals surface area contributed by atoms with Gasteiger partial charge in [0.25, 0.3) is 0 Å². The van der Waals surface area contributed by atoms with Crippen molar-refractivity contribution in [1.82, 2.24) is 19.6 Å². The molecular formula is C30H40N4O6. The maximum absolute atomic E-state index is 13.6. The van der Waals surface area contributed by atoms with Gasteiger partial charge in [0.1, 0.15) is 18.9 Å². The van der Waals surface area contributed by atoms with Crippen LogP contribution in [0, 0.1) is 17.8 Å². The summed E-state index contributed by atoms with van der Waals surface area (Å²) in [6.45, 7) is 5.13. The lowest BCUT2D eigenvalue weighted by Crippen LogP contribution is -2.51. The number of carbonyl (C=O) groups excluding carboxylic acids is 4. The van der Waals surface area contributed by atoms with E-state index in [-0.39, 0.29) is 42.0 Å². The third-order valence-electron chi connectivity index (χ3n) is 8.67. The minimum absolute atomic E-state index is 0.00819. The molecule has 4 heterocycles. The molecule has 0 radical (unpaired) electrons. The van der Waals surface area contributed by atoms with Gasteiger partial charge in [0.2, 0.25) is 24.1 Å². The number of carbonyl (C=O) groups is 4. The lowest BCUT2D eigenvalue weighted by atomic mass is 9.82. The molecule has 0 aliphatic carbocycles. The highest BCUT2D eigenvalue weighted by Gasteiger charge is 2.35. The number of para-hydroxylation sites is 1. The molecule has 0 N–H and O–H groups in total. The summed E-state index contributed by atoms with van der Waals surface area (Å²) in [6, 6.07) is 7.68. The van der Waals surface area contributed by atoms with Crippen LogP contribution in [0.2, 0.25) is 0 Å². The van der Waals surface area contributed by atoms with Gasteiger partial charge in [-0.1, -0.05) is 30.4 Å². The van der Waals surface area contributed by atoms with E-state index >= 15 is 0 Å². The number of piperazine rings is 1. The van der Waals surface area contributed by atoms with Crippen molar-refractivity contribution >= 4 is 24.1 Å². The van der Waals surface area contributed by atoms with E-state index in [1.54, 1.807) is 9.80 Å². The summed E-state index contributed by atoms with van der Waals surface area (Å²) in [5, 5.41) is 0. The number of rotatable bonds is 4. The molecule has 4 amide bonds. The summed E-state index contributed by atoms with van der Waals surface area (Å²) in [5.41, 5.74) is 0.875. The number of fused-ring (bicyclic) bond motifs is 3. The molecule has 3 fully saturated rings. The van der Waals surface area contributed by atoms with Gasteiger partial charge in [-0.15, -0.1) is 0 Å². The minimum Gasteiger partial charge on any atom is -0.489 e. The molecule has 4 aliphatic heterocycles. The topological polar surface area (TPSA) is 99.7 Å². The Kier molecular flexibility index (Phi) is 9.36. The lowest BCUT2D eigenvalue weighted by Gasteiger charge is -2.39. The fraction of sp³-hybridized carbons (Fsp3) is 0.600. The number of hydrogen-bond donors (Lipinski definition) is 0. The third kappa shape index (κ3) is 6.83. The Labute approximate surface area is 235 Å². The second kappa shape index (κ2) is 13.3. The van der Waals surface area contributed by atoms with Gasteiger partial charge in [-0.05, 0) is 37.2 Å². The van der Waals surface area contributed by atoms with E-state index in [4.69, 9.17) is 9.47 Å². The maximum atomic E-state index is 13.6. The Balaban J connectivity index is 1.32. The monoisotopic (exact) mass is 552 g/mol. The predicted molar refractivity (Wildman–Crippen MR) is 147 cm³/mol. The van der Waals surface area contributed by atoms with E-state index in [2.05, 4.69) is 6.08 Å². The predicted octanol–water partition coefficient (Wildman–Crippen LogP) is 1.55. The van der Waals surface area contributed by atoms with Crippen LogP contribution in [0.25, 0.3) is 0 Å². The molecule has 10 heteroatoms. The molecule has 2 bridgehead atoms. The fourth-order valence-corrected chi connectivity index (χ4v) is 6.19. The number of hydrogen-bond acceptors (Lipinski definition) is 6. The van der Waals surface area contributed by atoms with Crippen LogP contribution < -0.4 is 4.74 Å². The van der Waals surface area contributed by atoms with Crippen molar-refractivity contribution in [3.63, 3.8) is 0 Å². The number of ether oxygens (including phenoxy) is 2. The van der Waals surface area contributed by atoms with E-state index < -0.39 is 0 Å². The van der Waals surface area contributed by atoms with E-state index in [0.29, 0.717) is 90.6 Å². The van der Waals surface area contributed by atoms with Crippen LogP contribution in [0.15, 0.2) is 36.4 Å². The van der Waals surface area contributed by atoms with Crippen molar-refractivity contribution < 1.29 is 28.7 Å². The molecule has 1 aromatic carbocycles. The number of piperidine rings is 1. The zero-order chi connectivity index (χ0) is 27.9. The zero-order valence-corrected chi connectivity index (χ0v) is 23.1. The quantitative estimate of drug-likeness (QED) is 0.415. The van der Waals surface area contributed by atoms with Crippen LogP contribution in [0.1, 0.15) is 31.2 Å². The van der Waals surface area contributed by atoms with Crippen LogP contribution in [-0.2, 0) is 30.5 Å². The summed E-state index contributed by atoms with van der Waals surface area (Å²) >= 11 is 0. The van der Waals surface area contributed by atoms with Crippen molar-refractivity contribution in [2.24, 2.45) is 17.8 Å². The van der Waals surface area contributed by atoms with Crippen LogP contribution in [0.4, 0.5) is 0 Å². The maximum Gasteiger partial charge on any atom is 0.242 e. The molecule has 10 nitrogen and oxygen atoms in total. The summed E-state index contributed by atoms with van der Waals surface area (Å²) < 4.78 is 11.6. The van der Waals surface area contributed by atoms with Gasteiger partial charge in [0.05, 0.1) is 0 Å². The van der Waals surface area contributed by atoms with Crippen molar-refractivity contribution in [3.05, 3.63) is 42.0 Å². The normalized spacial score (nSPS) is 25.6. The van der Waals surface area contributed by atoms with Gasteiger partial charge in [-0.25, -0.2) is 0 Å². The number of benzene rings is 1. The number of nitrogens with zero attached hydrogens (tertiary/aromatic N) is 4. The average Bonchev–Trinajstić information content (AvgIpc) is 3.00.